The third kappa shape index (κ3) is 5.30. The van der Waals surface area contributed by atoms with Gasteiger partial charge in [0.2, 0.25) is 0 Å². The number of ether oxygens (including phenoxy) is 1. The van der Waals surface area contributed by atoms with Crippen molar-refractivity contribution in [1.29, 1.82) is 0 Å². The molecule has 0 saturated heterocycles. The second-order valence-electron chi connectivity index (χ2n) is 6.48. The zero-order chi connectivity index (χ0) is 19.9. The molecule has 6 heteroatoms. The molecular formula is C22H24N4O2. The highest BCUT2D eigenvalue weighted by Gasteiger charge is 2.05. The number of rotatable bonds is 8. The summed E-state index contributed by atoms with van der Waals surface area (Å²) in [7, 11) is 1.67. The maximum Gasteiger partial charge on any atom is 0.159 e. The molecule has 0 unspecified atom stereocenters. The summed E-state index contributed by atoms with van der Waals surface area (Å²) in [5.41, 5.74) is 2.66. The molecule has 144 valence electrons. The van der Waals surface area contributed by atoms with Gasteiger partial charge in [-0.2, -0.15) is 0 Å². The lowest BCUT2D eigenvalue weighted by molar-refractivity contribution is 0.101. The van der Waals surface area contributed by atoms with Crippen LogP contribution in [0.1, 0.15) is 28.7 Å². The van der Waals surface area contributed by atoms with Gasteiger partial charge in [0, 0.05) is 23.9 Å². The first-order valence-corrected chi connectivity index (χ1v) is 9.14. The lowest BCUT2D eigenvalue weighted by atomic mass is 10.1. The molecule has 3 aromatic rings. The molecule has 2 N–H and O–H groups in total. The molecule has 0 aliphatic heterocycles. The number of hydrogen-bond donors (Lipinski definition) is 2. The lowest BCUT2D eigenvalue weighted by Gasteiger charge is -2.11. The largest absolute Gasteiger partial charge is 0.497 e. The first kappa shape index (κ1) is 19.4. The third-order valence-electron chi connectivity index (χ3n) is 4.23. The van der Waals surface area contributed by atoms with Crippen LogP contribution >= 0.6 is 0 Å². The Labute approximate surface area is 165 Å². The van der Waals surface area contributed by atoms with E-state index < -0.39 is 0 Å². The molecule has 28 heavy (non-hydrogen) atoms. The molecule has 0 radical (unpaired) electrons. The first-order chi connectivity index (χ1) is 13.5. The minimum absolute atomic E-state index is 0.0300. The summed E-state index contributed by atoms with van der Waals surface area (Å²) in [5, 5.41) is 6.58. The topological polar surface area (TPSA) is 76.1 Å². The average Bonchev–Trinajstić information content (AvgIpc) is 2.68. The average molecular weight is 376 g/mol. The summed E-state index contributed by atoms with van der Waals surface area (Å²) in [6.45, 7) is 4.14. The van der Waals surface area contributed by atoms with Crippen LogP contribution in [0.3, 0.4) is 0 Å². The van der Waals surface area contributed by atoms with Gasteiger partial charge >= 0.3 is 0 Å². The van der Waals surface area contributed by atoms with E-state index in [9.17, 15) is 4.79 Å². The SMILES string of the molecule is COc1cccc(CCNc2cc(Nc3cccc(C(C)=O)c3)nc(C)n2)c1. The van der Waals surface area contributed by atoms with Crippen LogP contribution in [0, 0.1) is 6.92 Å². The van der Waals surface area contributed by atoms with Crippen LogP contribution in [-0.2, 0) is 6.42 Å². The zero-order valence-corrected chi connectivity index (χ0v) is 16.3. The standard InChI is InChI=1S/C22H24N4O2/c1-15(27)18-7-5-8-19(13-18)26-22-14-21(24-16(2)25-22)23-11-10-17-6-4-9-20(12-17)28-3/h4-9,12-14H,10-11H2,1-3H3,(H2,23,24,25,26). The van der Waals surface area contributed by atoms with Crippen molar-refractivity contribution in [2.45, 2.75) is 20.3 Å². The second-order valence-corrected chi connectivity index (χ2v) is 6.48. The van der Waals surface area contributed by atoms with Gasteiger partial charge in [-0.1, -0.05) is 24.3 Å². The minimum Gasteiger partial charge on any atom is -0.497 e. The number of carbonyl (C=O) groups excluding carboxylic acids is 1. The summed E-state index contributed by atoms with van der Waals surface area (Å²) in [4.78, 5) is 20.4. The van der Waals surface area contributed by atoms with E-state index in [-0.39, 0.29) is 5.78 Å². The van der Waals surface area contributed by atoms with Gasteiger partial charge in [0.1, 0.15) is 23.2 Å². The Morgan fingerprint density at radius 3 is 2.61 bits per heavy atom. The highest BCUT2D eigenvalue weighted by atomic mass is 16.5. The Kier molecular flexibility index (Phi) is 6.22. The van der Waals surface area contributed by atoms with Crippen LogP contribution in [0.15, 0.2) is 54.6 Å². The first-order valence-electron chi connectivity index (χ1n) is 9.14. The van der Waals surface area contributed by atoms with Gasteiger partial charge in [0.15, 0.2) is 5.78 Å². The summed E-state index contributed by atoms with van der Waals surface area (Å²) in [6, 6.07) is 17.2. The van der Waals surface area contributed by atoms with E-state index in [1.54, 1.807) is 20.1 Å². The number of carbonyl (C=O) groups is 1. The maximum absolute atomic E-state index is 11.6. The number of hydrogen-bond acceptors (Lipinski definition) is 6. The van der Waals surface area contributed by atoms with Crippen molar-refractivity contribution in [1.82, 2.24) is 9.97 Å². The lowest BCUT2D eigenvalue weighted by Crippen LogP contribution is -2.08. The van der Waals surface area contributed by atoms with Crippen molar-refractivity contribution in [2.24, 2.45) is 0 Å². The van der Waals surface area contributed by atoms with E-state index in [0.29, 0.717) is 17.2 Å². The number of nitrogens with zero attached hydrogens (tertiary/aromatic N) is 2. The Hall–Kier alpha value is -3.41. The van der Waals surface area contributed by atoms with Gasteiger partial charge < -0.3 is 15.4 Å². The highest BCUT2D eigenvalue weighted by molar-refractivity contribution is 5.95. The van der Waals surface area contributed by atoms with E-state index in [0.717, 1.165) is 30.2 Å². The molecule has 0 spiro atoms. The summed E-state index contributed by atoms with van der Waals surface area (Å²) in [5.74, 6) is 2.98. The van der Waals surface area contributed by atoms with Crippen molar-refractivity contribution >= 4 is 23.1 Å². The smallest absolute Gasteiger partial charge is 0.159 e. The van der Waals surface area contributed by atoms with Crippen molar-refractivity contribution in [3.63, 3.8) is 0 Å². The van der Waals surface area contributed by atoms with Crippen molar-refractivity contribution in [3.05, 3.63) is 71.5 Å². The molecule has 0 amide bonds. The quantitative estimate of drug-likeness (QED) is 0.568. The number of Topliss-reactive ketones (excluding diaryl/α,β-unsaturated/α-hetero) is 1. The number of nitrogens with one attached hydrogen (secondary N) is 2. The molecule has 3 rings (SSSR count). The van der Waals surface area contributed by atoms with Crippen LogP contribution in [0.2, 0.25) is 0 Å². The number of anilines is 3. The molecule has 0 bridgehead atoms. The minimum atomic E-state index is 0.0300. The molecular weight excluding hydrogens is 352 g/mol. The predicted molar refractivity (Wildman–Crippen MR) is 112 cm³/mol. The molecule has 0 atom stereocenters. The van der Waals surface area contributed by atoms with Crippen molar-refractivity contribution < 1.29 is 9.53 Å². The fourth-order valence-electron chi connectivity index (χ4n) is 2.85. The fraction of sp³-hybridized carbons (Fsp3) is 0.227. The number of ketones is 1. The Morgan fingerprint density at radius 2 is 1.82 bits per heavy atom. The van der Waals surface area contributed by atoms with Gasteiger partial charge in [-0.05, 0) is 50.1 Å². The van der Waals surface area contributed by atoms with Gasteiger partial charge in [0.25, 0.3) is 0 Å². The highest BCUT2D eigenvalue weighted by Crippen LogP contribution is 2.19. The van der Waals surface area contributed by atoms with E-state index in [2.05, 4.69) is 26.7 Å². The molecule has 2 aromatic carbocycles. The number of methoxy groups -OCH3 is 1. The number of aromatic nitrogens is 2. The Morgan fingerprint density at radius 1 is 1.04 bits per heavy atom. The van der Waals surface area contributed by atoms with E-state index in [1.165, 1.54) is 5.56 Å². The van der Waals surface area contributed by atoms with Crippen LogP contribution in [-0.4, -0.2) is 29.4 Å². The van der Waals surface area contributed by atoms with Crippen LogP contribution in [0.5, 0.6) is 5.75 Å². The van der Waals surface area contributed by atoms with Gasteiger partial charge in [-0.15, -0.1) is 0 Å². The molecule has 0 aliphatic rings. The number of aryl methyl sites for hydroxylation is 1. The normalized spacial score (nSPS) is 10.4. The van der Waals surface area contributed by atoms with E-state index in [4.69, 9.17) is 4.74 Å². The fourth-order valence-corrected chi connectivity index (χ4v) is 2.85. The summed E-state index contributed by atoms with van der Waals surface area (Å²) in [6.07, 6.45) is 0.851. The monoisotopic (exact) mass is 376 g/mol. The van der Waals surface area contributed by atoms with Gasteiger partial charge in [0.05, 0.1) is 7.11 Å². The molecule has 0 saturated carbocycles. The molecule has 1 aromatic heterocycles. The Bertz CT molecular complexity index is 972. The van der Waals surface area contributed by atoms with Crippen molar-refractivity contribution in [3.8, 4) is 5.75 Å². The second kappa shape index (κ2) is 8.99. The number of benzene rings is 2. The van der Waals surface area contributed by atoms with Crippen molar-refractivity contribution in [2.75, 3.05) is 24.3 Å². The van der Waals surface area contributed by atoms with E-state index >= 15 is 0 Å². The summed E-state index contributed by atoms with van der Waals surface area (Å²) >= 11 is 0. The molecule has 1 heterocycles. The molecule has 0 aliphatic carbocycles. The van der Waals surface area contributed by atoms with E-state index in [1.807, 2.05) is 49.4 Å². The van der Waals surface area contributed by atoms with Crippen LogP contribution in [0.4, 0.5) is 17.3 Å². The van der Waals surface area contributed by atoms with Gasteiger partial charge in [-0.3, -0.25) is 4.79 Å². The Balaban J connectivity index is 1.66. The zero-order valence-electron chi connectivity index (χ0n) is 16.3. The maximum atomic E-state index is 11.6. The predicted octanol–water partition coefficient (Wildman–Crippen LogP) is 4.39. The molecule has 6 nitrogen and oxygen atoms in total. The summed E-state index contributed by atoms with van der Waals surface area (Å²) < 4.78 is 5.26. The third-order valence-corrected chi connectivity index (χ3v) is 4.23. The molecule has 0 fully saturated rings. The van der Waals surface area contributed by atoms with Crippen LogP contribution < -0.4 is 15.4 Å². The van der Waals surface area contributed by atoms with Crippen LogP contribution in [0.25, 0.3) is 0 Å². The van der Waals surface area contributed by atoms with Gasteiger partial charge in [-0.25, -0.2) is 9.97 Å².